The van der Waals surface area contributed by atoms with Gasteiger partial charge in [0.05, 0.1) is 20.6 Å². The lowest BCUT2D eigenvalue weighted by Crippen LogP contribution is -2.13. The van der Waals surface area contributed by atoms with E-state index in [2.05, 4.69) is 4.98 Å². The van der Waals surface area contributed by atoms with Gasteiger partial charge in [-0.1, -0.05) is 34.8 Å². The van der Waals surface area contributed by atoms with Gasteiger partial charge >= 0.3 is 12.4 Å². The SMILES string of the molecule is FC(F)(F)c1cc(-c2cc(Cl)c(Cl)c(Cl)c2)c(C(F)(F)F)cn1. The maximum atomic E-state index is 13.0. The molecule has 0 radical (unpaired) electrons. The first-order chi connectivity index (χ1) is 10.4. The fourth-order valence-electron chi connectivity index (χ4n) is 1.79. The molecule has 23 heavy (non-hydrogen) atoms. The number of benzene rings is 1. The molecule has 0 aliphatic rings. The van der Waals surface area contributed by atoms with E-state index in [1.54, 1.807) is 0 Å². The average Bonchev–Trinajstić information content (AvgIpc) is 2.41. The number of hydrogen-bond acceptors (Lipinski definition) is 1. The minimum absolute atomic E-state index is 0.115. The summed E-state index contributed by atoms with van der Waals surface area (Å²) >= 11 is 17.2. The average molecular weight is 395 g/mol. The van der Waals surface area contributed by atoms with Gasteiger partial charge in [-0.15, -0.1) is 0 Å². The molecule has 0 amide bonds. The van der Waals surface area contributed by atoms with Crippen LogP contribution in [0.25, 0.3) is 11.1 Å². The van der Waals surface area contributed by atoms with Crippen molar-refractivity contribution in [2.45, 2.75) is 12.4 Å². The second-order valence-corrected chi connectivity index (χ2v) is 5.56. The zero-order valence-electron chi connectivity index (χ0n) is 10.7. The lowest BCUT2D eigenvalue weighted by Gasteiger charge is -2.16. The largest absolute Gasteiger partial charge is 0.433 e. The summed E-state index contributed by atoms with van der Waals surface area (Å²) in [6.45, 7) is 0. The van der Waals surface area contributed by atoms with E-state index in [-0.39, 0.29) is 26.8 Å². The highest BCUT2D eigenvalue weighted by molar-refractivity contribution is 6.48. The Balaban J connectivity index is 2.77. The molecule has 0 N–H and O–H groups in total. The number of rotatable bonds is 1. The minimum Gasteiger partial charge on any atom is -0.251 e. The molecule has 0 spiro atoms. The lowest BCUT2D eigenvalue weighted by atomic mass is 10.00. The Kier molecular flexibility index (Phi) is 4.76. The minimum atomic E-state index is -4.91. The van der Waals surface area contributed by atoms with Crippen molar-refractivity contribution in [2.75, 3.05) is 0 Å². The summed E-state index contributed by atoms with van der Waals surface area (Å²) in [5.74, 6) is 0. The summed E-state index contributed by atoms with van der Waals surface area (Å²) in [6, 6.07) is 2.29. The van der Waals surface area contributed by atoms with Crippen molar-refractivity contribution >= 4 is 34.8 Å². The summed E-state index contributed by atoms with van der Waals surface area (Å²) in [5, 5.41) is -0.490. The van der Waals surface area contributed by atoms with Gasteiger partial charge in [0.15, 0.2) is 0 Å². The van der Waals surface area contributed by atoms with E-state index in [1.165, 1.54) is 0 Å². The fourth-order valence-corrected chi connectivity index (χ4v) is 2.38. The molecule has 0 aliphatic heterocycles. The number of alkyl halides is 6. The van der Waals surface area contributed by atoms with Crippen LogP contribution in [-0.4, -0.2) is 4.98 Å². The van der Waals surface area contributed by atoms with Gasteiger partial charge in [0.2, 0.25) is 0 Å². The highest BCUT2D eigenvalue weighted by Gasteiger charge is 2.38. The van der Waals surface area contributed by atoms with Crippen LogP contribution >= 0.6 is 34.8 Å². The van der Waals surface area contributed by atoms with Gasteiger partial charge in [-0.25, -0.2) is 0 Å². The highest BCUT2D eigenvalue weighted by Crippen LogP contribution is 2.42. The third-order valence-electron chi connectivity index (χ3n) is 2.79. The van der Waals surface area contributed by atoms with Crippen molar-refractivity contribution in [3.63, 3.8) is 0 Å². The van der Waals surface area contributed by atoms with Crippen molar-refractivity contribution in [3.05, 3.63) is 50.7 Å². The third kappa shape index (κ3) is 3.84. The molecule has 1 aromatic carbocycles. The third-order valence-corrected chi connectivity index (χ3v) is 3.99. The molecule has 0 bridgehead atoms. The highest BCUT2D eigenvalue weighted by atomic mass is 35.5. The van der Waals surface area contributed by atoms with Gasteiger partial charge in [-0.05, 0) is 29.3 Å². The summed E-state index contributed by atoms with van der Waals surface area (Å²) in [7, 11) is 0. The Morgan fingerprint density at radius 1 is 0.783 bits per heavy atom. The fraction of sp³-hybridized carbons (Fsp3) is 0.154. The van der Waals surface area contributed by atoms with E-state index in [1.807, 2.05) is 0 Å². The number of hydrogen-bond donors (Lipinski definition) is 0. The van der Waals surface area contributed by atoms with Gasteiger partial charge in [0.25, 0.3) is 0 Å². The van der Waals surface area contributed by atoms with E-state index < -0.39 is 29.2 Å². The first kappa shape index (κ1) is 18.2. The molecular formula is C13H4Cl3F6N. The molecular weight excluding hydrogens is 390 g/mol. The van der Waals surface area contributed by atoms with Crippen LogP contribution < -0.4 is 0 Å². The Morgan fingerprint density at radius 2 is 1.30 bits per heavy atom. The molecule has 1 heterocycles. The van der Waals surface area contributed by atoms with E-state index in [4.69, 9.17) is 34.8 Å². The summed E-state index contributed by atoms with van der Waals surface area (Å²) in [6.07, 6.45) is -9.70. The molecule has 0 aliphatic carbocycles. The Bertz CT molecular complexity index is 731. The van der Waals surface area contributed by atoms with Crippen LogP contribution in [0.3, 0.4) is 0 Å². The van der Waals surface area contributed by atoms with Crippen LogP contribution in [0.1, 0.15) is 11.3 Å². The van der Waals surface area contributed by atoms with Crippen molar-refractivity contribution in [1.82, 2.24) is 4.98 Å². The van der Waals surface area contributed by atoms with Crippen LogP contribution in [-0.2, 0) is 12.4 Å². The van der Waals surface area contributed by atoms with Crippen LogP contribution in [0.15, 0.2) is 24.4 Å². The second-order valence-electron chi connectivity index (χ2n) is 4.36. The monoisotopic (exact) mass is 393 g/mol. The van der Waals surface area contributed by atoms with E-state index in [0.29, 0.717) is 6.07 Å². The first-order valence-electron chi connectivity index (χ1n) is 5.70. The van der Waals surface area contributed by atoms with Crippen LogP contribution in [0, 0.1) is 0 Å². The van der Waals surface area contributed by atoms with Crippen molar-refractivity contribution in [3.8, 4) is 11.1 Å². The van der Waals surface area contributed by atoms with Crippen LogP contribution in [0.4, 0.5) is 26.3 Å². The number of nitrogens with zero attached hydrogens (tertiary/aromatic N) is 1. The molecule has 0 saturated heterocycles. The molecule has 0 saturated carbocycles. The quantitative estimate of drug-likeness (QED) is 0.385. The van der Waals surface area contributed by atoms with Gasteiger partial charge in [-0.3, -0.25) is 4.98 Å². The Labute approximate surface area is 140 Å². The number of halogens is 9. The maximum absolute atomic E-state index is 13.0. The second kappa shape index (κ2) is 6.03. The molecule has 1 nitrogen and oxygen atoms in total. The summed E-state index contributed by atoms with van der Waals surface area (Å²) in [5.41, 5.74) is -3.83. The van der Waals surface area contributed by atoms with Crippen LogP contribution in [0.2, 0.25) is 15.1 Å². The standard InChI is InChI=1S/C13H4Cl3F6N/c14-8-1-5(2-9(15)11(8)16)6-3-10(13(20,21)22)23-4-7(6)12(17,18)19/h1-4H. The van der Waals surface area contributed by atoms with Crippen molar-refractivity contribution in [1.29, 1.82) is 0 Å². The molecule has 10 heteroatoms. The van der Waals surface area contributed by atoms with Gasteiger partial charge in [0, 0.05) is 6.20 Å². The Morgan fingerprint density at radius 3 is 1.74 bits per heavy atom. The topological polar surface area (TPSA) is 12.9 Å². The van der Waals surface area contributed by atoms with Crippen molar-refractivity contribution in [2.24, 2.45) is 0 Å². The summed E-state index contributed by atoms with van der Waals surface area (Å²) < 4.78 is 77.2. The van der Waals surface area contributed by atoms with Gasteiger partial charge < -0.3 is 0 Å². The van der Waals surface area contributed by atoms with E-state index in [0.717, 1.165) is 12.1 Å². The predicted molar refractivity (Wildman–Crippen MR) is 74.7 cm³/mol. The number of pyridine rings is 1. The van der Waals surface area contributed by atoms with Gasteiger partial charge in [-0.2, -0.15) is 26.3 Å². The Hall–Kier alpha value is -1.18. The predicted octanol–water partition coefficient (Wildman–Crippen LogP) is 6.75. The molecule has 0 unspecified atom stereocenters. The summed E-state index contributed by atoms with van der Waals surface area (Å²) in [4.78, 5) is 2.83. The molecule has 0 fully saturated rings. The van der Waals surface area contributed by atoms with E-state index in [9.17, 15) is 26.3 Å². The smallest absolute Gasteiger partial charge is 0.251 e. The zero-order chi connectivity index (χ0) is 17.6. The van der Waals surface area contributed by atoms with Crippen molar-refractivity contribution < 1.29 is 26.3 Å². The van der Waals surface area contributed by atoms with Crippen LogP contribution in [0.5, 0.6) is 0 Å². The normalized spacial score (nSPS) is 12.6. The number of aromatic nitrogens is 1. The molecule has 1 aromatic heterocycles. The van der Waals surface area contributed by atoms with E-state index >= 15 is 0 Å². The molecule has 2 rings (SSSR count). The molecule has 124 valence electrons. The first-order valence-corrected chi connectivity index (χ1v) is 6.84. The molecule has 0 atom stereocenters. The zero-order valence-corrected chi connectivity index (χ0v) is 12.9. The molecule has 2 aromatic rings. The van der Waals surface area contributed by atoms with Gasteiger partial charge in [0.1, 0.15) is 5.69 Å². The maximum Gasteiger partial charge on any atom is 0.433 e. The lowest BCUT2D eigenvalue weighted by molar-refractivity contribution is -0.144.